The van der Waals surface area contributed by atoms with Gasteiger partial charge in [-0.15, -0.1) is 0 Å². The van der Waals surface area contributed by atoms with E-state index in [-0.39, 0.29) is 17.8 Å². The highest BCUT2D eigenvalue weighted by Gasteiger charge is 2.29. The van der Waals surface area contributed by atoms with Crippen LogP contribution in [0.1, 0.15) is 41.8 Å². The van der Waals surface area contributed by atoms with Gasteiger partial charge in [0.25, 0.3) is 11.7 Å². The van der Waals surface area contributed by atoms with Crippen molar-refractivity contribution in [3.63, 3.8) is 0 Å². The van der Waals surface area contributed by atoms with Crippen molar-refractivity contribution in [3.8, 4) is 0 Å². The van der Waals surface area contributed by atoms with E-state index in [1.807, 2.05) is 18.8 Å². The molecule has 6 nitrogen and oxygen atoms in total. The van der Waals surface area contributed by atoms with Crippen LogP contribution in [0.25, 0.3) is 0 Å². The Kier molecular flexibility index (Phi) is 3.74. The van der Waals surface area contributed by atoms with Crippen molar-refractivity contribution >= 4 is 17.7 Å². The van der Waals surface area contributed by atoms with E-state index in [0.717, 1.165) is 37.3 Å². The zero-order valence-corrected chi connectivity index (χ0v) is 11.8. The number of hydrogen-bond donors (Lipinski definition) is 1. The van der Waals surface area contributed by atoms with E-state index in [9.17, 15) is 4.79 Å². The zero-order chi connectivity index (χ0) is 13.2. The van der Waals surface area contributed by atoms with Crippen LogP contribution in [-0.4, -0.2) is 52.1 Å². The molecular formula is C12H18N4O2S. The summed E-state index contributed by atoms with van der Waals surface area (Å²) in [5.74, 6) is 2.70. The van der Waals surface area contributed by atoms with Crippen molar-refractivity contribution < 1.29 is 9.32 Å². The monoisotopic (exact) mass is 282 g/mol. The highest BCUT2D eigenvalue weighted by Crippen LogP contribution is 2.24. The van der Waals surface area contributed by atoms with E-state index >= 15 is 0 Å². The fraction of sp³-hybridized carbons (Fsp3) is 0.750. The first kappa shape index (κ1) is 12.9. The first-order valence-corrected chi connectivity index (χ1v) is 7.83. The van der Waals surface area contributed by atoms with Crippen LogP contribution in [0.5, 0.6) is 0 Å². The maximum absolute atomic E-state index is 12.3. The number of amides is 1. The number of carbonyl (C=O) groups excluding carboxylic acids is 1. The van der Waals surface area contributed by atoms with Crippen molar-refractivity contribution in [2.24, 2.45) is 0 Å². The molecule has 19 heavy (non-hydrogen) atoms. The van der Waals surface area contributed by atoms with Gasteiger partial charge in [0.05, 0.1) is 6.04 Å². The summed E-state index contributed by atoms with van der Waals surface area (Å²) in [7, 11) is 1.82. The van der Waals surface area contributed by atoms with E-state index < -0.39 is 0 Å². The predicted octanol–water partition coefficient (Wildman–Crippen LogP) is 1.07. The van der Waals surface area contributed by atoms with Crippen LogP contribution in [0.4, 0.5) is 0 Å². The molecule has 0 radical (unpaired) electrons. The number of aromatic nitrogens is 2. The van der Waals surface area contributed by atoms with E-state index in [1.54, 1.807) is 4.90 Å². The Morgan fingerprint density at radius 2 is 2.42 bits per heavy atom. The summed E-state index contributed by atoms with van der Waals surface area (Å²) in [5.41, 5.74) is 0. The average Bonchev–Trinajstić information content (AvgIpc) is 3.16. The third-order valence-corrected chi connectivity index (χ3v) is 4.91. The van der Waals surface area contributed by atoms with Crippen molar-refractivity contribution in [1.82, 2.24) is 20.4 Å². The molecule has 2 atom stereocenters. The second-order valence-electron chi connectivity index (χ2n) is 5.04. The molecule has 2 aliphatic heterocycles. The van der Waals surface area contributed by atoms with Crippen LogP contribution in [0.3, 0.4) is 0 Å². The molecule has 1 N–H and O–H groups in total. The smallest absolute Gasteiger partial charge is 0.295 e. The quantitative estimate of drug-likeness (QED) is 0.894. The van der Waals surface area contributed by atoms with Gasteiger partial charge in [-0.25, -0.2) is 0 Å². The van der Waals surface area contributed by atoms with Crippen LogP contribution < -0.4 is 5.32 Å². The van der Waals surface area contributed by atoms with Crippen molar-refractivity contribution in [1.29, 1.82) is 0 Å². The molecule has 0 aliphatic carbocycles. The van der Waals surface area contributed by atoms with Crippen LogP contribution >= 0.6 is 11.8 Å². The SMILES string of the molecule is CN(C(=O)c1noc(C2CCCN2)n1)C1CCSC1. The summed E-state index contributed by atoms with van der Waals surface area (Å²) >= 11 is 1.88. The summed E-state index contributed by atoms with van der Waals surface area (Å²) < 4.78 is 5.21. The Labute approximate surface area is 116 Å². The minimum Gasteiger partial charge on any atom is -0.337 e. The molecule has 104 valence electrons. The molecule has 7 heteroatoms. The topological polar surface area (TPSA) is 71.3 Å². The third kappa shape index (κ3) is 2.62. The molecule has 2 unspecified atom stereocenters. The van der Waals surface area contributed by atoms with E-state index in [1.165, 1.54) is 0 Å². The number of rotatable bonds is 3. The number of thioether (sulfide) groups is 1. The maximum Gasteiger partial charge on any atom is 0.295 e. The number of carbonyl (C=O) groups is 1. The lowest BCUT2D eigenvalue weighted by Crippen LogP contribution is -2.37. The minimum absolute atomic E-state index is 0.112. The number of nitrogens with zero attached hydrogens (tertiary/aromatic N) is 3. The second kappa shape index (κ2) is 5.50. The Bertz CT molecular complexity index is 452. The fourth-order valence-electron chi connectivity index (χ4n) is 2.51. The molecule has 1 aromatic rings. The molecule has 0 saturated carbocycles. The summed E-state index contributed by atoms with van der Waals surface area (Å²) in [6, 6.07) is 0.408. The predicted molar refractivity (Wildman–Crippen MR) is 72.1 cm³/mol. The standard InChI is InChI=1S/C12H18N4O2S/c1-16(8-4-6-19-7-8)12(17)10-14-11(18-15-10)9-3-2-5-13-9/h8-9,13H,2-7H2,1H3. The van der Waals surface area contributed by atoms with Crippen LogP contribution in [0, 0.1) is 0 Å². The van der Waals surface area contributed by atoms with Gasteiger partial charge in [0.15, 0.2) is 0 Å². The molecule has 1 aromatic heterocycles. The highest BCUT2D eigenvalue weighted by molar-refractivity contribution is 7.99. The van der Waals surface area contributed by atoms with Gasteiger partial charge in [0.1, 0.15) is 0 Å². The molecule has 2 saturated heterocycles. The van der Waals surface area contributed by atoms with Crippen molar-refractivity contribution in [3.05, 3.63) is 11.7 Å². The van der Waals surface area contributed by atoms with E-state index in [0.29, 0.717) is 11.9 Å². The Morgan fingerprint density at radius 1 is 1.53 bits per heavy atom. The van der Waals surface area contributed by atoms with Gasteiger partial charge in [-0.1, -0.05) is 5.16 Å². The lowest BCUT2D eigenvalue weighted by atomic mass is 10.2. The van der Waals surface area contributed by atoms with Crippen LogP contribution in [0.2, 0.25) is 0 Å². The molecule has 3 rings (SSSR count). The van der Waals surface area contributed by atoms with Gasteiger partial charge in [-0.05, 0) is 31.6 Å². The van der Waals surface area contributed by atoms with Gasteiger partial charge in [-0.2, -0.15) is 16.7 Å². The van der Waals surface area contributed by atoms with Crippen molar-refractivity contribution in [2.45, 2.75) is 31.3 Å². The van der Waals surface area contributed by atoms with E-state index in [2.05, 4.69) is 15.5 Å². The molecule has 0 aromatic carbocycles. The Hall–Kier alpha value is -1.08. The Morgan fingerprint density at radius 3 is 3.11 bits per heavy atom. The zero-order valence-electron chi connectivity index (χ0n) is 11.0. The van der Waals surface area contributed by atoms with Crippen LogP contribution in [-0.2, 0) is 0 Å². The average molecular weight is 282 g/mol. The molecule has 1 amide bonds. The molecule has 2 fully saturated rings. The fourth-order valence-corrected chi connectivity index (χ4v) is 3.78. The summed E-state index contributed by atoms with van der Waals surface area (Å²) in [6.45, 7) is 0.968. The first-order chi connectivity index (χ1) is 9.25. The van der Waals surface area contributed by atoms with Gasteiger partial charge < -0.3 is 14.7 Å². The summed E-state index contributed by atoms with van der Waals surface area (Å²) in [5, 5.41) is 7.11. The van der Waals surface area contributed by atoms with Gasteiger partial charge in [-0.3, -0.25) is 4.79 Å². The van der Waals surface area contributed by atoms with Crippen LogP contribution in [0.15, 0.2) is 4.52 Å². The maximum atomic E-state index is 12.3. The Balaban J connectivity index is 1.69. The van der Waals surface area contributed by atoms with Gasteiger partial charge >= 0.3 is 0 Å². The van der Waals surface area contributed by atoms with Crippen molar-refractivity contribution in [2.75, 3.05) is 25.1 Å². The lowest BCUT2D eigenvalue weighted by Gasteiger charge is -2.21. The molecule has 0 bridgehead atoms. The summed E-state index contributed by atoms with van der Waals surface area (Å²) in [6.07, 6.45) is 3.14. The molecular weight excluding hydrogens is 264 g/mol. The minimum atomic E-state index is -0.138. The van der Waals surface area contributed by atoms with Gasteiger partial charge in [0.2, 0.25) is 5.89 Å². The summed E-state index contributed by atoms with van der Waals surface area (Å²) in [4.78, 5) is 18.3. The molecule has 2 aliphatic rings. The molecule has 0 spiro atoms. The number of nitrogens with one attached hydrogen (secondary N) is 1. The molecule has 3 heterocycles. The van der Waals surface area contributed by atoms with Gasteiger partial charge in [0, 0.05) is 18.8 Å². The van der Waals surface area contributed by atoms with E-state index in [4.69, 9.17) is 4.52 Å². The second-order valence-corrected chi connectivity index (χ2v) is 6.19. The number of hydrogen-bond acceptors (Lipinski definition) is 6. The largest absolute Gasteiger partial charge is 0.337 e. The lowest BCUT2D eigenvalue weighted by molar-refractivity contribution is 0.0732. The third-order valence-electron chi connectivity index (χ3n) is 3.77. The highest BCUT2D eigenvalue weighted by atomic mass is 32.2. The normalized spacial score (nSPS) is 26.8. The first-order valence-electron chi connectivity index (χ1n) is 6.67.